The molecule has 1 amide bonds. The summed E-state index contributed by atoms with van der Waals surface area (Å²) in [6, 6.07) is 3.88. The first-order valence-electron chi connectivity index (χ1n) is 7.30. The van der Waals surface area contributed by atoms with Gasteiger partial charge in [-0.1, -0.05) is 6.92 Å². The van der Waals surface area contributed by atoms with E-state index in [4.69, 9.17) is 5.11 Å². The van der Waals surface area contributed by atoms with Crippen molar-refractivity contribution in [3.8, 4) is 11.4 Å². The van der Waals surface area contributed by atoms with Gasteiger partial charge in [-0.3, -0.25) is 4.79 Å². The summed E-state index contributed by atoms with van der Waals surface area (Å²) in [5.74, 6) is -1.29. The summed E-state index contributed by atoms with van der Waals surface area (Å²) in [5, 5.41) is 25.8. The molecule has 2 aromatic rings. The highest BCUT2D eigenvalue weighted by Crippen LogP contribution is 2.21. The number of carbonyl (C=O) groups excluding carboxylic acids is 1. The molecule has 0 aliphatic rings. The van der Waals surface area contributed by atoms with Crippen molar-refractivity contribution in [1.29, 1.82) is 0 Å². The van der Waals surface area contributed by atoms with Gasteiger partial charge in [0.25, 0.3) is 5.91 Å². The molecule has 1 aromatic heterocycles. The lowest BCUT2D eigenvalue weighted by Crippen LogP contribution is -2.38. The third kappa shape index (κ3) is 3.68. The van der Waals surface area contributed by atoms with Gasteiger partial charge in [-0.05, 0) is 43.5 Å². The van der Waals surface area contributed by atoms with Crippen LogP contribution >= 0.6 is 0 Å². The minimum absolute atomic E-state index is 0.0589. The molecule has 124 valence electrons. The molecular weight excluding hydrogens is 301 g/mol. The maximum absolute atomic E-state index is 13.2. The predicted molar refractivity (Wildman–Crippen MR) is 83.1 cm³/mol. The van der Waals surface area contributed by atoms with Gasteiger partial charge in [0.1, 0.15) is 5.82 Å². The molecule has 0 radical (unpaired) electrons. The summed E-state index contributed by atoms with van der Waals surface area (Å²) < 4.78 is 14.5. The van der Waals surface area contributed by atoms with Crippen molar-refractivity contribution >= 4 is 5.91 Å². The molecule has 7 heteroatoms. The van der Waals surface area contributed by atoms with E-state index in [0.29, 0.717) is 11.3 Å². The molecule has 0 aliphatic carbocycles. The zero-order valence-corrected chi connectivity index (χ0v) is 13.2. The number of rotatable bonds is 5. The van der Waals surface area contributed by atoms with E-state index in [0.717, 1.165) is 0 Å². The highest BCUT2D eigenvalue weighted by molar-refractivity contribution is 5.95. The Morgan fingerprint density at radius 2 is 2.13 bits per heavy atom. The molecule has 0 aliphatic heterocycles. The standard InChI is InChI=1S/C16H20FN3O3/c1-9-6-12(17)4-5-13(9)20-7-14(22)15(19-20)16(23)18-11(3)10(2)8-21/h4-7,10-11,21-22H,8H2,1-3H3,(H,18,23). The number of aromatic hydroxyl groups is 1. The van der Waals surface area contributed by atoms with Crippen LogP contribution in [0.1, 0.15) is 29.9 Å². The molecule has 1 aromatic carbocycles. The molecule has 23 heavy (non-hydrogen) atoms. The van der Waals surface area contributed by atoms with Crippen LogP contribution in [0.15, 0.2) is 24.4 Å². The smallest absolute Gasteiger partial charge is 0.275 e. The summed E-state index contributed by atoms with van der Waals surface area (Å²) in [7, 11) is 0. The number of nitrogens with one attached hydrogen (secondary N) is 1. The Morgan fingerprint density at radius 1 is 1.43 bits per heavy atom. The zero-order valence-electron chi connectivity index (χ0n) is 13.2. The Morgan fingerprint density at radius 3 is 2.74 bits per heavy atom. The van der Waals surface area contributed by atoms with Gasteiger partial charge < -0.3 is 15.5 Å². The van der Waals surface area contributed by atoms with E-state index in [9.17, 15) is 14.3 Å². The third-order valence-corrected chi connectivity index (χ3v) is 3.82. The molecule has 2 atom stereocenters. The van der Waals surface area contributed by atoms with Crippen LogP contribution in [0.4, 0.5) is 4.39 Å². The fraction of sp³-hybridized carbons (Fsp3) is 0.375. The number of carbonyl (C=O) groups is 1. The van der Waals surface area contributed by atoms with E-state index in [1.807, 2.05) is 0 Å². The van der Waals surface area contributed by atoms with Crippen molar-refractivity contribution in [3.63, 3.8) is 0 Å². The Kier molecular flexibility index (Phi) is 5.00. The molecule has 0 spiro atoms. The van der Waals surface area contributed by atoms with Crippen LogP contribution in [0, 0.1) is 18.7 Å². The lowest BCUT2D eigenvalue weighted by Gasteiger charge is -2.18. The van der Waals surface area contributed by atoms with E-state index in [1.54, 1.807) is 20.8 Å². The summed E-state index contributed by atoms with van der Waals surface area (Å²) in [6.45, 7) is 5.21. The SMILES string of the molecule is Cc1cc(F)ccc1-n1cc(O)c(C(=O)NC(C)C(C)CO)n1. The normalized spacial score (nSPS) is 13.6. The molecule has 6 nitrogen and oxygen atoms in total. The van der Waals surface area contributed by atoms with E-state index in [2.05, 4.69) is 10.4 Å². The number of nitrogens with zero attached hydrogens (tertiary/aromatic N) is 2. The Hall–Kier alpha value is -2.41. The number of aliphatic hydroxyl groups excluding tert-OH is 1. The molecule has 3 N–H and O–H groups in total. The first-order chi connectivity index (χ1) is 10.8. The van der Waals surface area contributed by atoms with Gasteiger partial charge in [-0.2, -0.15) is 5.10 Å². The van der Waals surface area contributed by atoms with Crippen molar-refractivity contribution in [2.75, 3.05) is 6.61 Å². The molecule has 0 saturated carbocycles. The second-order valence-corrected chi connectivity index (χ2v) is 5.66. The largest absolute Gasteiger partial charge is 0.504 e. The summed E-state index contributed by atoms with van der Waals surface area (Å²) in [6.07, 6.45) is 1.30. The van der Waals surface area contributed by atoms with Gasteiger partial charge in [0.15, 0.2) is 11.4 Å². The summed E-state index contributed by atoms with van der Waals surface area (Å²) >= 11 is 0. The fourth-order valence-electron chi connectivity index (χ4n) is 2.10. The van der Waals surface area contributed by atoms with Crippen molar-refractivity contribution in [2.24, 2.45) is 5.92 Å². The Labute approximate surface area is 133 Å². The fourth-order valence-corrected chi connectivity index (χ4v) is 2.10. The molecule has 0 saturated heterocycles. The van der Waals surface area contributed by atoms with Crippen LogP contribution in [-0.4, -0.2) is 38.5 Å². The maximum Gasteiger partial charge on any atom is 0.275 e. The molecule has 2 unspecified atom stereocenters. The molecule has 2 rings (SSSR count). The number of aromatic nitrogens is 2. The molecular formula is C16H20FN3O3. The average Bonchev–Trinajstić information content (AvgIpc) is 2.87. The van der Waals surface area contributed by atoms with Crippen LogP contribution < -0.4 is 5.32 Å². The van der Waals surface area contributed by atoms with E-state index in [1.165, 1.54) is 29.1 Å². The number of benzene rings is 1. The van der Waals surface area contributed by atoms with Gasteiger partial charge in [0, 0.05) is 12.6 Å². The maximum atomic E-state index is 13.2. The van der Waals surface area contributed by atoms with Crippen LogP contribution in [0.25, 0.3) is 5.69 Å². The number of hydrogen-bond acceptors (Lipinski definition) is 4. The highest BCUT2D eigenvalue weighted by atomic mass is 19.1. The molecule has 0 fully saturated rings. The van der Waals surface area contributed by atoms with Crippen molar-refractivity contribution in [3.05, 3.63) is 41.5 Å². The summed E-state index contributed by atoms with van der Waals surface area (Å²) in [5.41, 5.74) is 1.07. The van der Waals surface area contributed by atoms with Crippen molar-refractivity contribution < 1.29 is 19.4 Å². The van der Waals surface area contributed by atoms with Crippen LogP contribution in [-0.2, 0) is 0 Å². The topological polar surface area (TPSA) is 87.4 Å². The first-order valence-corrected chi connectivity index (χ1v) is 7.30. The second kappa shape index (κ2) is 6.78. The van der Waals surface area contributed by atoms with E-state index >= 15 is 0 Å². The Balaban J connectivity index is 2.26. The van der Waals surface area contributed by atoms with Crippen molar-refractivity contribution in [1.82, 2.24) is 15.1 Å². The van der Waals surface area contributed by atoms with E-state index in [-0.39, 0.29) is 35.8 Å². The molecule has 0 bridgehead atoms. The summed E-state index contributed by atoms with van der Waals surface area (Å²) in [4.78, 5) is 12.2. The lowest BCUT2D eigenvalue weighted by molar-refractivity contribution is 0.0908. The number of amides is 1. The third-order valence-electron chi connectivity index (χ3n) is 3.82. The van der Waals surface area contributed by atoms with Crippen LogP contribution in [0.3, 0.4) is 0 Å². The monoisotopic (exact) mass is 321 g/mol. The Bertz CT molecular complexity index is 715. The highest BCUT2D eigenvalue weighted by Gasteiger charge is 2.21. The average molecular weight is 321 g/mol. The van der Waals surface area contributed by atoms with Gasteiger partial charge in [-0.25, -0.2) is 9.07 Å². The number of aryl methyl sites for hydroxylation is 1. The quantitative estimate of drug-likeness (QED) is 0.783. The van der Waals surface area contributed by atoms with Gasteiger partial charge in [-0.15, -0.1) is 0 Å². The second-order valence-electron chi connectivity index (χ2n) is 5.66. The first kappa shape index (κ1) is 17.0. The van der Waals surface area contributed by atoms with Gasteiger partial charge in [0.05, 0.1) is 11.9 Å². The van der Waals surface area contributed by atoms with Crippen molar-refractivity contribution in [2.45, 2.75) is 26.8 Å². The number of halogens is 1. The van der Waals surface area contributed by atoms with Gasteiger partial charge in [0.2, 0.25) is 0 Å². The number of hydrogen-bond donors (Lipinski definition) is 3. The van der Waals surface area contributed by atoms with Crippen LogP contribution in [0.5, 0.6) is 5.75 Å². The predicted octanol–water partition coefficient (Wildman–Crippen LogP) is 1.77. The number of aliphatic hydroxyl groups is 1. The minimum atomic E-state index is -0.534. The zero-order chi connectivity index (χ0) is 17.1. The van der Waals surface area contributed by atoms with Crippen LogP contribution in [0.2, 0.25) is 0 Å². The van der Waals surface area contributed by atoms with E-state index < -0.39 is 5.91 Å². The van der Waals surface area contributed by atoms with Gasteiger partial charge >= 0.3 is 0 Å². The minimum Gasteiger partial charge on any atom is -0.504 e. The molecule has 1 heterocycles. The lowest BCUT2D eigenvalue weighted by atomic mass is 10.1.